The van der Waals surface area contributed by atoms with Gasteiger partial charge >= 0.3 is 17.8 Å². The smallest absolute Gasteiger partial charge is 0.194 e. The Morgan fingerprint density at radius 3 is 1.07 bits per heavy atom. The fourth-order valence-electron chi connectivity index (χ4n) is 6.57. The summed E-state index contributed by atoms with van der Waals surface area (Å²) in [7, 11) is 0. The van der Waals surface area contributed by atoms with Gasteiger partial charge < -0.3 is 0 Å². The van der Waals surface area contributed by atoms with E-state index < -0.39 is 28.9 Å². The molecule has 8 heterocycles. The quantitative estimate of drug-likeness (QED) is 0.143. The molecule has 0 fully saturated rings. The molecule has 8 aromatic rings. The lowest BCUT2D eigenvalue weighted by Gasteiger charge is -2.25. The second-order valence-corrected chi connectivity index (χ2v) is 21.9. The van der Waals surface area contributed by atoms with Crippen molar-refractivity contribution >= 4 is 102 Å². The van der Waals surface area contributed by atoms with Gasteiger partial charge in [0.1, 0.15) is 21.9 Å². The van der Waals surface area contributed by atoms with Crippen molar-refractivity contribution in [2.75, 3.05) is 0 Å². The van der Waals surface area contributed by atoms with Crippen LogP contribution in [0.2, 0.25) is 0 Å². The van der Waals surface area contributed by atoms with E-state index in [0.717, 1.165) is 51.9 Å². The zero-order chi connectivity index (χ0) is 40.0. The van der Waals surface area contributed by atoms with Gasteiger partial charge in [-0.25, -0.2) is 0 Å². The number of aryl methyl sites for hydroxylation is 2. The number of allylic oxidation sites excluding steroid dienone is 2. The first-order chi connectivity index (χ1) is 27.2. The molecule has 0 aromatic carbocycles. The number of hydrogen-bond acceptors (Lipinski definition) is 10. The third-order valence-electron chi connectivity index (χ3n) is 9.21. The van der Waals surface area contributed by atoms with Gasteiger partial charge in [-0.1, -0.05) is 0 Å². The summed E-state index contributed by atoms with van der Waals surface area (Å²) in [5.74, 6) is -16.3. The van der Waals surface area contributed by atoms with E-state index in [1.165, 1.54) is 80.2 Å². The van der Waals surface area contributed by atoms with Crippen LogP contribution in [0, 0.1) is 36.5 Å². The molecule has 9 rings (SSSR count). The normalized spacial score (nSPS) is 15.7. The van der Waals surface area contributed by atoms with Crippen LogP contribution in [0.4, 0.5) is 26.3 Å². The fraction of sp³-hybridized carbons (Fsp3) is 0.122. The highest BCUT2D eigenvalue weighted by Gasteiger charge is 2.80. The Morgan fingerprint density at radius 1 is 0.404 bits per heavy atom. The minimum absolute atomic E-state index is 0.196. The highest BCUT2D eigenvalue weighted by atomic mass is 32.1. The van der Waals surface area contributed by atoms with Crippen LogP contribution in [0.25, 0.3) is 69.7 Å². The van der Waals surface area contributed by atoms with Crippen LogP contribution < -0.4 is 0 Å². The molecule has 57 heavy (non-hydrogen) atoms. The van der Waals surface area contributed by atoms with Crippen molar-refractivity contribution in [2.45, 2.75) is 31.6 Å². The first-order valence-corrected chi connectivity index (χ1v) is 23.2. The average Bonchev–Trinajstić information content (AvgIpc) is 4.02. The van der Waals surface area contributed by atoms with Gasteiger partial charge in [0.2, 0.25) is 0 Å². The van der Waals surface area contributed by atoms with Crippen molar-refractivity contribution in [3.05, 3.63) is 116 Å². The predicted octanol–water partition coefficient (Wildman–Crippen LogP) is 16.4. The van der Waals surface area contributed by atoms with Gasteiger partial charge in [0.05, 0.1) is 9.75 Å². The molecule has 0 N–H and O–H groups in total. The number of halogens is 6. The number of hydrogen-bond donors (Lipinski definition) is 0. The molecule has 0 saturated carbocycles. The molecule has 8 aromatic heterocycles. The number of thiophene rings is 8. The Bertz CT molecular complexity index is 2780. The summed E-state index contributed by atoms with van der Waals surface area (Å²) in [4.78, 5) is 9.54. The summed E-state index contributed by atoms with van der Waals surface area (Å²) in [6.07, 6.45) is 0. The minimum Gasteiger partial charge on any atom is -0.194 e. The summed E-state index contributed by atoms with van der Waals surface area (Å²) in [5, 5.41) is 18.7. The van der Waals surface area contributed by atoms with Crippen molar-refractivity contribution in [1.29, 1.82) is 10.5 Å². The largest absolute Gasteiger partial charge is 0.380 e. The Morgan fingerprint density at radius 2 is 0.737 bits per heavy atom. The maximum atomic E-state index is 16.7. The van der Waals surface area contributed by atoms with Crippen molar-refractivity contribution in [1.82, 2.24) is 0 Å². The van der Waals surface area contributed by atoms with Crippen LogP contribution >= 0.6 is 90.7 Å². The van der Waals surface area contributed by atoms with Crippen LogP contribution in [0.5, 0.6) is 0 Å². The highest BCUT2D eigenvalue weighted by molar-refractivity contribution is 7.29. The molecule has 2 nitrogen and oxygen atoms in total. The van der Waals surface area contributed by atoms with Gasteiger partial charge in [-0.3, -0.25) is 0 Å². The predicted molar refractivity (Wildman–Crippen MR) is 229 cm³/mol. The second kappa shape index (κ2) is 14.0. The Hall–Kier alpha value is -4.10. The van der Waals surface area contributed by atoms with Crippen LogP contribution in [-0.4, -0.2) is 17.8 Å². The molecule has 284 valence electrons. The van der Waals surface area contributed by atoms with Crippen LogP contribution in [0.1, 0.15) is 30.6 Å². The van der Waals surface area contributed by atoms with E-state index >= 15 is 26.3 Å². The maximum absolute atomic E-state index is 16.7. The molecular weight excluding hydrogens is 891 g/mol. The lowest BCUT2D eigenvalue weighted by molar-refractivity contribution is -0.254. The average molecular weight is 911 g/mol. The van der Waals surface area contributed by atoms with Gasteiger partial charge in [-0.2, -0.15) is 36.9 Å². The van der Waals surface area contributed by atoms with Crippen molar-refractivity contribution < 1.29 is 26.3 Å². The van der Waals surface area contributed by atoms with E-state index in [4.69, 9.17) is 0 Å². The summed E-state index contributed by atoms with van der Waals surface area (Å²) in [6, 6.07) is 28.1. The highest BCUT2D eigenvalue weighted by Crippen LogP contribution is 2.68. The monoisotopic (exact) mass is 910 g/mol. The van der Waals surface area contributed by atoms with Crippen molar-refractivity contribution in [3.63, 3.8) is 0 Å². The Kier molecular flexibility index (Phi) is 9.46. The molecule has 0 bridgehead atoms. The molecule has 0 atom stereocenters. The number of rotatable bonds is 8. The van der Waals surface area contributed by atoms with Crippen molar-refractivity contribution in [3.8, 4) is 70.7 Å². The van der Waals surface area contributed by atoms with Crippen LogP contribution in [0.15, 0.2) is 84.9 Å². The molecule has 0 unspecified atom stereocenters. The van der Waals surface area contributed by atoms with Gasteiger partial charge in [0.15, 0.2) is 0 Å². The first kappa shape index (κ1) is 38.4. The lowest BCUT2D eigenvalue weighted by atomic mass is 9.94. The van der Waals surface area contributed by atoms with Crippen LogP contribution in [-0.2, 0) is 0 Å². The molecule has 0 saturated heterocycles. The SMILES string of the molecule is Cc1ccc(-c2sc(-c3ccc(-c4ccc(C#N)s4)s3)cc2C2=C(c3cc(-c4ccc(-c5ccc(C#N)s5)s4)sc3-c3ccc(C)s3)C(F)(F)C(F)(F)C2(F)F)s1. The maximum Gasteiger partial charge on any atom is 0.380 e. The van der Waals surface area contributed by atoms with E-state index in [-0.39, 0.29) is 20.9 Å². The van der Waals surface area contributed by atoms with Gasteiger partial charge in [0, 0.05) is 80.8 Å². The second-order valence-electron chi connectivity index (χ2n) is 12.9. The summed E-state index contributed by atoms with van der Waals surface area (Å²) < 4.78 is 98.6. The third-order valence-corrected chi connectivity index (χ3v) is 18.8. The summed E-state index contributed by atoms with van der Waals surface area (Å²) in [6.45, 7) is 3.64. The molecule has 0 amide bonds. The van der Waals surface area contributed by atoms with Crippen molar-refractivity contribution in [2.24, 2.45) is 0 Å². The van der Waals surface area contributed by atoms with E-state index in [2.05, 4.69) is 12.1 Å². The number of nitriles is 2. The Balaban J connectivity index is 1.28. The van der Waals surface area contributed by atoms with E-state index in [1.54, 1.807) is 48.5 Å². The molecule has 0 radical (unpaired) electrons. The van der Waals surface area contributed by atoms with E-state index in [9.17, 15) is 10.5 Å². The molecule has 1 aliphatic rings. The number of nitrogens with zero attached hydrogens (tertiary/aromatic N) is 2. The number of alkyl halides is 6. The standard InChI is InChI=1S/C41H20F6N2S8/c1-19-3-7-31(50-19)37-23(15-33(56-37)29-13-11-27(54-29)25-9-5-21(17-48)52-25)35-36(40(44,45)41(46,47)39(35,42)43)24-16-34(57-38(24)32-8-4-20(2)51-32)30-14-12-28(55-30)26-10-6-22(18-49)53-26/h3-16H,1-2H3. The zero-order valence-corrected chi connectivity index (χ0v) is 35.5. The van der Waals surface area contributed by atoms with Gasteiger partial charge in [0.25, 0.3) is 0 Å². The molecule has 16 heteroatoms. The Labute approximate surface area is 353 Å². The minimum atomic E-state index is -5.75. The first-order valence-electron chi connectivity index (χ1n) is 16.7. The molecule has 1 aliphatic carbocycles. The molecule has 0 spiro atoms. The van der Waals surface area contributed by atoms with Gasteiger partial charge in [-0.15, -0.1) is 90.7 Å². The van der Waals surface area contributed by atoms with Crippen LogP contribution in [0.3, 0.4) is 0 Å². The molecule has 0 aliphatic heterocycles. The molecular formula is C41H20F6N2S8. The summed E-state index contributed by atoms with van der Waals surface area (Å²) >= 11 is 9.98. The topological polar surface area (TPSA) is 47.6 Å². The summed E-state index contributed by atoms with van der Waals surface area (Å²) in [5.41, 5.74) is -3.50. The van der Waals surface area contributed by atoms with E-state index in [0.29, 0.717) is 39.0 Å². The van der Waals surface area contributed by atoms with E-state index in [1.807, 2.05) is 38.1 Å². The fourth-order valence-corrected chi connectivity index (χ4v) is 14.8. The lowest BCUT2D eigenvalue weighted by Crippen LogP contribution is -2.48. The van der Waals surface area contributed by atoms with Gasteiger partial charge in [-0.05, 0) is 98.8 Å². The zero-order valence-electron chi connectivity index (χ0n) is 29.0. The third kappa shape index (κ3) is 6.24.